The molecule has 3 heteroatoms. The van der Waals surface area contributed by atoms with Crippen molar-refractivity contribution in [1.82, 2.24) is 0 Å². The Morgan fingerprint density at radius 3 is 2.42 bits per heavy atom. The number of rotatable bonds is 1. The zero-order valence-corrected chi connectivity index (χ0v) is 7.84. The highest BCUT2D eigenvalue weighted by atomic mass is 16.5. The first-order valence-electron chi connectivity index (χ1n) is 3.82. The summed E-state index contributed by atoms with van der Waals surface area (Å²) in [6.07, 6.45) is 1.53. The first-order valence-corrected chi connectivity index (χ1v) is 3.82. The van der Waals surface area contributed by atoms with Crippen LogP contribution in [0.4, 0.5) is 0 Å². The molecular weight excluding hydrogens is 154 g/mol. The smallest absolute Gasteiger partial charge is 0.196 e. The predicted octanol–water partition coefficient (Wildman–Crippen LogP) is 1.25. The van der Waals surface area contributed by atoms with Gasteiger partial charge < -0.3 is 9.94 Å². The summed E-state index contributed by atoms with van der Waals surface area (Å²) >= 11 is 0. The molecule has 0 atom stereocenters. The summed E-state index contributed by atoms with van der Waals surface area (Å²) in [5, 5.41) is 11.2. The maximum atomic E-state index is 11.2. The molecule has 1 aromatic heterocycles. The molecule has 0 unspecified atom stereocenters. The number of hydrogen-bond donors (Lipinski definition) is 0. The van der Waals surface area contributed by atoms with Crippen molar-refractivity contribution in [1.29, 1.82) is 0 Å². The molecule has 0 saturated heterocycles. The molecule has 0 bridgehead atoms. The van der Waals surface area contributed by atoms with Gasteiger partial charge in [0.2, 0.25) is 0 Å². The molecule has 0 N–H and O–H groups in total. The van der Waals surface area contributed by atoms with Crippen LogP contribution >= 0.6 is 0 Å². The Morgan fingerprint density at radius 1 is 1.33 bits per heavy atom. The Balaban J connectivity index is 3.40. The van der Waals surface area contributed by atoms with E-state index in [2.05, 4.69) is 0 Å². The average molecular weight is 167 g/mol. The van der Waals surface area contributed by atoms with E-state index >= 15 is 0 Å². The summed E-state index contributed by atoms with van der Waals surface area (Å²) in [4.78, 5) is 0. The third kappa shape index (κ3) is 1.22. The van der Waals surface area contributed by atoms with Crippen LogP contribution in [0.5, 0.6) is 5.75 Å². The van der Waals surface area contributed by atoms with E-state index in [-0.39, 0.29) is 0 Å². The number of methoxy groups -OCH3 is 1. The first-order chi connectivity index (χ1) is 5.57. The van der Waals surface area contributed by atoms with Crippen LogP contribution in [0.25, 0.3) is 0 Å². The number of aryl methyl sites for hydroxylation is 1. The van der Waals surface area contributed by atoms with Crippen molar-refractivity contribution < 1.29 is 9.47 Å². The van der Waals surface area contributed by atoms with E-state index in [0.29, 0.717) is 5.69 Å². The van der Waals surface area contributed by atoms with E-state index in [1.807, 2.05) is 13.8 Å². The highest BCUT2D eigenvalue weighted by Crippen LogP contribution is 2.21. The van der Waals surface area contributed by atoms with Crippen LogP contribution < -0.4 is 9.47 Å². The molecule has 0 aliphatic heterocycles. The van der Waals surface area contributed by atoms with E-state index in [1.165, 1.54) is 6.20 Å². The molecule has 0 fully saturated rings. The molecule has 0 amide bonds. The fourth-order valence-electron chi connectivity index (χ4n) is 1.27. The zero-order valence-electron chi connectivity index (χ0n) is 7.84. The van der Waals surface area contributed by atoms with Gasteiger partial charge in [-0.25, -0.2) is 0 Å². The van der Waals surface area contributed by atoms with Gasteiger partial charge in [-0.1, -0.05) is 0 Å². The number of ether oxygens (including phenoxy) is 1. The van der Waals surface area contributed by atoms with Gasteiger partial charge in [-0.05, 0) is 13.8 Å². The van der Waals surface area contributed by atoms with Gasteiger partial charge in [-0.3, -0.25) is 0 Å². The Bertz CT molecular complexity index is 308. The van der Waals surface area contributed by atoms with Crippen molar-refractivity contribution in [3.8, 4) is 5.75 Å². The van der Waals surface area contributed by atoms with E-state index in [9.17, 15) is 5.21 Å². The maximum Gasteiger partial charge on any atom is 0.196 e. The molecule has 0 saturated carbocycles. The van der Waals surface area contributed by atoms with Gasteiger partial charge >= 0.3 is 0 Å². The lowest BCUT2D eigenvalue weighted by atomic mass is 10.1. The van der Waals surface area contributed by atoms with Gasteiger partial charge in [-0.15, -0.1) is 0 Å². The minimum absolute atomic E-state index is 0.692. The lowest BCUT2D eigenvalue weighted by molar-refractivity contribution is -0.613. The lowest BCUT2D eigenvalue weighted by Gasteiger charge is -2.10. The predicted molar refractivity (Wildman–Crippen MR) is 46.2 cm³/mol. The summed E-state index contributed by atoms with van der Waals surface area (Å²) in [6, 6.07) is 0. The summed E-state index contributed by atoms with van der Waals surface area (Å²) in [7, 11) is 1.61. The zero-order chi connectivity index (χ0) is 9.30. The van der Waals surface area contributed by atoms with Gasteiger partial charge in [0.25, 0.3) is 0 Å². The first kappa shape index (κ1) is 8.84. The molecule has 0 radical (unpaired) electrons. The number of hydrogen-bond acceptors (Lipinski definition) is 2. The van der Waals surface area contributed by atoms with Gasteiger partial charge in [0.05, 0.1) is 18.2 Å². The second kappa shape index (κ2) is 3.01. The fourth-order valence-corrected chi connectivity index (χ4v) is 1.27. The highest BCUT2D eigenvalue weighted by Gasteiger charge is 2.12. The van der Waals surface area contributed by atoms with Crippen molar-refractivity contribution in [2.24, 2.45) is 0 Å². The monoisotopic (exact) mass is 167 g/mol. The normalized spacial score (nSPS) is 10.0. The van der Waals surface area contributed by atoms with E-state index < -0.39 is 0 Å². The van der Waals surface area contributed by atoms with Crippen LogP contribution in [0.15, 0.2) is 6.20 Å². The third-order valence-corrected chi connectivity index (χ3v) is 2.09. The van der Waals surface area contributed by atoms with Crippen molar-refractivity contribution in [2.75, 3.05) is 7.11 Å². The van der Waals surface area contributed by atoms with Gasteiger partial charge in [0, 0.05) is 6.92 Å². The fraction of sp³-hybridized carbons (Fsp3) is 0.444. The molecule has 0 aromatic carbocycles. The Morgan fingerprint density at radius 2 is 1.92 bits per heavy atom. The molecule has 1 rings (SSSR count). The molecule has 3 nitrogen and oxygen atoms in total. The summed E-state index contributed by atoms with van der Waals surface area (Å²) in [5.41, 5.74) is 2.47. The molecular formula is C9H13NO2. The number of nitrogens with zero attached hydrogens (tertiary/aromatic N) is 1. The van der Waals surface area contributed by atoms with Crippen molar-refractivity contribution in [3.63, 3.8) is 0 Å². The molecule has 12 heavy (non-hydrogen) atoms. The van der Waals surface area contributed by atoms with Gasteiger partial charge in [-0.2, -0.15) is 4.73 Å². The Labute approximate surface area is 72.2 Å². The van der Waals surface area contributed by atoms with Crippen LogP contribution in [0.1, 0.15) is 16.8 Å². The minimum Gasteiger partial charge on any atom is -0.618 e. The van der Waals surface area contributed by atoms with E-state index in [4.69, 9.17) is 4.74 Å². The topological polar surface area (TPSA) is 36.2 Å². The van der Waals surface area contributed by atoms with E-state index in [1.54, 1.807) is 14.0 Å². The molecule has 1 aromatic rings. The third-order valence-electron chi connectivity index (χ3n) is 2.09. The van der Waals surface area contributed by atoms with Crippen molar-refractivity contribution in [3.05, 3.63) is 28.2 Å². The van der Waals surface area contributed by atoms with Gasteiger partial charge in [0.15, 0.2) is 11.9 Å². The van der Waals surface area contributed by atoms with Crippen LogP contribution in [-0.4, -0.2) is 7.11 Å². The number of pyridine rings is 1. The molecule has 66 valence electrons. The number of aromatic nitrogens is 1. The summed E-state index contributed by atoms with van der Waals surface area (Å²) in [6.45, 7) is 5.53. The van der Waals surface area contributed by atoms with Crippen LogP contribution in [-0.2, 0) is 0 Å². The van der Waals surface area contributed by atoms with Crippen molar-refractivity contribution >= 4 is 0 Å². The maximum absolute atomic E-state index is 11.2. The standard InChI is InChI=1S/C9H13NO2/c1-6-5-10(11)8(3)7(2)9(6)12-4/h5H,1-4H3. The van der Waals surface area contributed by atoms with Crippen LogP contribution in [0, 0.1) is 26.0 Å². The molecule has 0 aliphatic carbocycles. The molecule has 1 heterocycles. The Kier molecular flexibility index (Phi) is 2.22. The van der Waals surface area contributed by atoms with Crippen LogP contribution in [0.2, 0.25) is 0 Å². The lowest BCUT2D eigenvalue weighted by Crippen LogP contribution is -2.31. The largest absolute Gasteiger partial charge is 0.618 e. The SMILES string of the molecule is COc1c(C)c[n+]([O-])c(C)c1C. The Hall–Kier alpha value is -1.25. The van der Waals surface area contributed by atoms with Gasteiger partial charge in [0.1, 0.15) is 5.75 Å². The molecule has 0 spiro atoms. The minimum atomic E-state index is 0.692. The summed E-state index contributed by atoms with van der Waals surface area (Å²) in [5.74, 6) is 0.805. The van der Waals surface area contributed by atoms with Crippen molar-refractivity contribution in [2.45, 2.75) is 20.8 Å². The second-order valence-electron chi connectivity index (χ2n) is 2.88. The summed E-state index contributed by atoms with van der Waals surface area (Å²) < 4.78 is 6.03. The highest BCUT2D eigenvalue weighted by molar-refractivity contribution is 5.38. The van der Waals surface area contributed by atoms with Crippen LogP contribution in [0.3, 0.4) is 0 Å². The van der Waals surface area contributed by atoms with E-state index in [0.717, 1.165) is 21.6 Å². The average Bonchev–Trinajstić information content (AvgIpc) is 2.01. The second-order valence-corrected chi connectivity index (χ2v) is 2.88. The molecule has 0 aliphatic rings. The quantitative estimate of drug-likeness (QED) is 0.466.